The Morgan fingerprint density at radius 3 is 2.36 bits per heavy atom. The molecule has 2 aromatic carbocycles. The van der Waals surface area contributed by atoms with Gasteiger partial charge in [-0.1, -0.05) is 54.1 Å². The van der Waals surface area contributed by atoms with Crippen LogP contribution in [0.25, 0.3) is 6.08 Å². The first-order valence-corrected chi connectivity index (χ1v) is 12.9. The fourth-order valence-electron chi connectivity index (χ4n) is 3.97. The molecule has 9 heteroatoms. The van der Waals surface area contributed by atoms with Gasteiger partial charge < -0.3 is 9.64 Å². The molecule has 0 spiro atoms. The maximum Gasteiger partial charge on any atom is 0.255 e. The summed E-state index contributed by atoms with van der Waals surface area (Å²) in [6, 6.07) is 14.5. The molecule has 0 unspecified atom stereocenters. The Kier molecular flexibility index (Phi) is 7.82. The normalized spacial score (nSPS) is 18.6. The Morgan fingerprint density at radius 2 is 1.67 bits per heavy atom. The number of carbonyl (C=O) groups is 1. The topological polar surface area (TPSA) is 70.2 Å². The van der Waals surface area contributed by atoms with Crippen molar-refractivity contribution in [3.63, 3.8) is 0 Å². The van der Waals surface area contributed by atoms with Gasteiger partial charge in [-0.15, -0.1) is 0 Å². The smallest absolute Gasteiger partial charge is 0.255 e. The molecule has 2 fully saturated rings. The van der Waals surface area contributed by atoms with Gasteiger partial charge in [-0.25, -0.2) is 8.42 Å². The van der Waals surface area contributed by atoms with Crippen molar-refractivity contribution in [1.82, 2.24) is 14.1 Å². The second kappa shape index (κ2) is 10.8. The van der Waals surface area contributed by atoms with Crippen molar-refractivity contribution in [3.8, 4) is 0 Å². The second-order valence-corrected chi connectivity index (χ2v) is 10.4. The monoisotopic (exact) mass is 489 g/mol. The van der Waals surface area contributed by atoms with Crippen molar-refractivity contribution in [3.05, 3.63) is 70.8 Å². The van der Waals surface area contributed by atoms with Gasteiger partial charge in [0.25, 0.3) is 5.91 Å². The summed E-state index contributed by atoms with van der Waals surface area (Å²) in [7, 11) is -3.70. The van der Waals surface area contributed by atoms with E-state index >= 15 is 0 Å². The quantitative estimate of drug-likeness (QED) is 0.624. The predicted molar refractivity (Wildman–Crippen MR) is 129 cm³/mol. The number of rotatable bonds is 6. The standard InChI is InChI=1S/C24H28ClN3O4S/c25-23-9-8-21(33(30,31)28-15-17-32-18-16-28)19-22(23)24(29)27-13-11-26(12-14-27)10-4-7-20-5-2-1-3-6-20/h1-9,19H,10-18H2/b7-4+. The fourth-order valence-corrected chi connectivity index (χ4v) is 5.60. The highest BCUT2D eigenvalue weighted by molar-refractivity contribution is 7.89. The molecule has 2 aliphatic rings. The average Bonchev–Trinajstić information content (AvgIpc) is 2.85. The first kappa shape index (κ1) is 23.9. The van der Waals surface area contributed by atoms with E-state index in [1.54, 1.807) is 4.90 Å². The van der Waals surface area contributed by atoms with Crippen LogP contribution in [-0.2, 0) is 14.8 Å². The van der Waals surface area contributed by atoms with Crippen LogP contribution in [0.5, 0.6) is 0 Å². The van der Waals surface area contributed by atoms with Gasteiger partial charge in [-0.2, -0.15) is 4.31 Å². The van der Waals surface area contributed by atoms with Crippen molar-refractivity contribution < 1.29 is 17.9 Å². The summed E-state index contributed by atoms with van der Waals surface area (Å²) in [5.74, 6) is -0.237. The molecule has 0 aromatic heterocycles. The molecule has 2 saturated heterocycles. The van der Waals surface area contributed by atoms with Crippen LogP contribution >= 0.6 is 11.6 Å². The first-order chi connectivity index (χ1) is 15.9. The molecule has 1 amide bonds. The number of halogens is 1. The number of amides is 1. The Hall–Kier alpha value is -2.23. The van der Waals surface area contributed by atoms with Gasteiger partial charge in [0.2, 0.25) is 10.0 Å². The van der Waals surface area contributed by atoms with Gasteiger partial charge in [0.1, 0.15) is 0 Å². The number of ether oxygens (including phenoxy) is 1. The summed E-state index contributed by atoms with van der Waals surface area (Å²) >= 11 is 6.31. The summed E-state index contributed by atoms with van der Waals surface area (Å²) in [4.78, 5) is 17.3. The molecular weight excluding hydrogens is 462 g/mol. The molecule has 0 bridgehead atoms. The van der Waals surface area contributed by atoms with Gasteiger partial charge in [0.15, 0.2) is 0 Å². The minimum atomic E-state index is -3.70. The summed E-state index contributed by atoms with van der Waals surface area (Å²) in [6.07, 6.45) is 4.22. The lowest BCUT2D eigenvalue weighted by Gasteiger charge is -2.34. The highest BCUT2D eigenvalue weighted by Crippen LogP contribution is 2.25. The third-order valence-electron chi connectivity index (χ3n) is 5.91. The Balaban J connectivity index is 1.38. The van der Waals surface area contributed by atoms with Crippen LogP contribution in [0.15, 0.2) is 59.5 Å². The predicted octanol–water partition coefficient (Wildman–Crippen LogP) is 2.83. The van der Waals surface area contributed by atoms with Crippen LogP contribution in [-0.4, -0.2) is 87.5 Å². The van der Waals surface area contributed by atoms with Crippen LogP contribution in [0.1, 0.15) is 15.9 Å². The van der Waals surface area contributed by atoms with Gasteiger partial charge >= 0.3 is 0 Å². The highest BCUT2D eigenvalue weighted by Gasteiger charge is 2.29. The van der Waals surface area contributed by atoms with E-state index in [1.807, 2.05) is 18.2 Å². The van der Waals surface area contributed by atoms with E-state index in [-0.39, 0.29) is 21.4 Å². The van der Waals surface area contributed by atoms with E-state index in [9.17, 15) is 13.2 Å². The van der Waals surface area contributed by atoms with Crippen molar-refractivity contribution >= 4 is 33.6 Å². The number of nitrogens with zero attached hydrogens (tertiary/aromatic N) is 3. The molecule has 2 aliphatic heterocycles. The van der Waals surface area contributed by atoms with Gasteiger partial charge in [0, 0.05) is 45.8 Å². The minimum absolute atomic E-state index is 0.0850. The molecule has 2 heterocycles. The van der Waals surface area contributed by atoms with Crippen LogP contribution in [0.3, 0.4) is 0 Å². The molecule has 33 heavy (non-hydrogen) atoms. The Morgan fingerprint density at radius 1 is 0.970 bits per heavy atom. The number of sulfonamides is 1. The van der Waals surface area contributed by atoms with Gasteiger partial charge in [-0.05, 0) is 23.8 Å². The number of morpholine rings is 1. The molecule has 0 N–H and O–H groups in total. The van der Waals surface area contributed by atoms with Gasteiger partial charge in [0.05, 0.1) is 28.7 Å². The molecule has 0 atom stereocenters. The zero-order chi connectivity index (χ0) is 23.3. The first-order valence-electron chi connectivity index (χ1n) is 11.1. The van der Waals surface area contributed by atoms with Crippen LogP contribution < -0.4 is 0 Å². The molecule has 0 radical (unpaired) electrons. The van der Waals surface area contributed by atoms with Crippen LogP contribution in [0.4, 0.5) is 0 Å². The van der Waals surface area contributed by atoms with E-state index in [2.05, 4.69) is 29.2 Å². The number of benzene rings is 2. The Labute approximate surface area is 200 Å². The van der Waals surface area contributed by atoms with E-state index in [4.69, 9.17) is 16.3 Å². The molecular formula is C24H28ClN3O4S. The lowest BCUT2D eigenvalue weighted by atomic mass is 10.1. The maximum atomic E-state index is 13.2. The SMILES string of the molecule is O=C(c1cc(S(=O)(=O)N2CCOCC2)ccc1Cl)N1CCN(C/C=C/c2ccccc2)CC1. The van der Waals surface area contributed by atoms with E-state index in [0.29, 0.717) is 39.4 Å². The number of hydrogen-bond donors (Lipinski definition) is 0. The van der Waals surface area contributed by atoms with Crippen molar-refractivity contribution in [2.75, 3.05) is 59.0 Å². The van der Waals surface area contributed by atoms with Crippen LogP contribution in [0, 0.1) is 0 Å². The highest BCUT2D eigenvalue weighted by atomic mass is 35.5. The molecule has 2 aromatic rings. The third-order valence-corrected chi connectivity index (χ3v) is 8.13. The molecule has 0 saturated carbocycles. The average molecular weight is 490 g/mol. The molecule has 4 rings (SSSR count). The zero-order valence-corrected chi connectivity index (χ0v) is 20.0. The van der Waals surface area contributed by atoms with Crippen molar-refractivity contribution in [2.45, 2.75) is 4.90 Å². The number of hydrogen-bond acceptors (Lipinski definition) is 5. The fraction of sp³-hybridized carbons (Fsp3) is 0.375. The van der Waals surface area contributed by atoms with E-state index in [0.717, 1.165) is 25.2 Å². The number of carbonyl (C=O) groups excluding carboxylic acids is 1. The zero-order valence-electron chi connectivity index (χ0n) is 18.4. The third kappa shape index (κ3) is 5.83. The molecule has 176 valence electrons. The van der Waals surface area contributed by atoms with Gasteiger partial charge in [-0.3, -0.25) is 9.69 Å². The van der Waals surface area contributed by atoms with Crippen LogP contribution in [0.2, 0.25) is 5.02 Å². The number of piperazine rings is 1. The minimum Gasteiger partial charge on any atom is -0.379 e. The van der Waals surface area contributed by atoms with E-state index < -0.39 is 10.0 Å². The molecule has 7 nitrogen and oxygen atoms in total. The summed E-state index contributed by atoms with van der Waals surface area (Å²) in [5.41, 5.74) is 1.39. The lowest BCUT2D eigenvalue weighted by molar-refractivity contribution is 0.0650. The van der Waals surface area contributed by atoms with Crippen molar-refractivity contribution in [1.29, 1.82) is 0 Å². The van der Waals surface area contributed by atoms with Crippen molar-refractivity contribution in [2.24, 2.45) is 0 Å². The van der Waals surface area contributed by atoms with E-state index in [1.165, 1.54) is 22.5 Å². The maximum absolute atomic E-state index is 13.2. The summed E-state index contributed by atoms with van der Waals surface area (Å²) in [5, 5.41) is 0.258. The summed E-state index contributed by atoms with van der Waals surface area (Å²) in [6.45, 7) is 4.76. The lowest BCUT2D eigenvalue weighted by Crippen LogP contribution is -2.48. The second-order valence-electron chi connectivity index (χ2n) is 8.06. The Bertz CT molecular complexity index is 1090. The summed E-state index contributed by atoms with van der Waals surface area (Å²) < 4.78 is 32.6. The largest absolute Gasteiger partial charge is 0.379 e. The molecule has 0 aliphatic carbocycles.